The van der Waals surface area contributed by atoms with Crippen molar-refractivity contribution in [2.45, 2.75) is 31.7 Å². The van der Waals surface area contributed by atoms with E-state index >= 15 is 0 Å². The predicted molar refractivity (Wildman–Crippen MR) is 73.3 cm³/mol. The molecule has 2 N–H and O–H groups in total. The van der Waals surface area contributed by atoms with Crippen molar-refractivity contribution >= 4 is 31.6 Å². The van der Waals surface area contributed by atoms with Gasteiger partial charge in [-0.05, 0) is 48.0 Å². The van der Waals surface area contributed by atoms with Crippen molar-refractivity contribution in [1.82, 2.24) is 4.31 Å². The summed E-state index contributed by atoms with van der Waals surface area (Å²) in [6.45, 7) is 5.95. The zero-order valence-electron chi connectivity index (χ0n) is 10.1. The van der Waals surface area contributed by atoms with Crippen molar-refractivity contribution in [2.75, 3.05) is 12.3 Å². The zero-order valence-corrected chi connectivity index (χ0v) is 12.5. The van der Waals surface area contributed by atoms with Gasteiger partial charge in [0, 0.05) is 22.7 Å². The second kappa shape index (κ2) is 5.37. The minimum Gasteiger partial charge on any atom is -0.399 e. The Labute approximate surface area is 111 Å². The highest BCUT2D eigenvalue weighted by Gasteiger charge is 2.27. The Morgan fingerprint density at radius 2 is 2.00 bits per heavy atom. The Morgan fingerprint density at radius 3 is 2.47 bits per heavy atom. The number of hydrogen-bond acceptors (Lipinski definition) is 3. The maximum atomic E-state index is 12.4. The van der Waals surface area contributed by atoms with Crippen LogP contribution in [-0.2, 0) is 10.0 Å². The van der Waals surface area contributed by atoms with Crippen LogP contribution < -0.4 is 5.73 Å². The van der Waals surface area contributed by atoms with E-state index in [1.165, 1.54) is 10.4 Å². The molecule has 0 aliphatic heterocycles. The van der Waals surface area contributed by atoms with E-state index in [1.807, 2.05) is 20.8 Å². The van der Waals surface area contributed by atoms with Crippen molar-refractivity contribution < 1.29 is 8.42 Å². The first-order chi connectivity index (χ1) is 7.80. The summed E-state index contributed by atoms with van der Waals surface area (Å²) in [6.07, 6.45) is 0. The fraction of sp³-hybridized carbons (Fsp3) is 0.455. The molecular formula is C11H17BrN2O2S. The fourth-order valence-corrected chi connectivity index (χ4v) is 4.26. The molecule has 0 aliphatic rings. The largest absolute Gasteiger partial charge is 0.399 e. The molecule has 0 amide bonds. The second-order valence-electron chi connectivity index (χ2n) is 3.99. The summed E-state index contributed by atoms with van der Waals surface area (Å²) < 4.78 is 26.8. The number of nitrogens with zero attached hydrogens (tertiary/aromatic N) is 1. The molecule has 17 heavy (non-hydrogen) atoms. The van der Waals surface area contributed by atoms with Gasteiger partial charge in [0.25, 0.3) is 0 Å². The summed E-state index contributed by atoms with van der Waals surface area (Å²) in [5, 5.41) is 0. The molecule has 0 fully saturated rings. The average Bonchev–Trinajstić information content (AvgIpc) is 2.21. The minimum absolute atomic E-state index is 0.0849. The van der Waals surface area contributed by atoms with E-state index in [4.69, 9.17) is 5.73 Å². The van der Waals surface area contributed by atoms with Gasteiger partial charge in [0.1, 0.15) is 0 Å². The van der Waals surface area contributed by atoms with Crippen LogP contribution in [-0.4, -0.2) is 25.3 Å². The van der Waals surface area contributed by atoms with E-state index in [-0.39, 0.29) is 10.9 Å². The molecule has 0 atom stereocenters. The Bertz CT molecular complexity index is 500. The lowest BCUT2D eigenvalue weighted by Gasteiger charge is -2.24. The molecule has 0 saturated carbocycles. The summed E-state index contributed by atoms with van der Waals surface area (Å²) in [5.41, 5.74) is 6.07. The highest BCUT2D eigenvalue weighted by atomic mass is 79.9. The molecule has 0 spiro atoms. The quantitative estimate of drug-likeness (QED) is 0.867. The number of anilines is 1. The smallest absolute Gasteiger partial charge is 0.244 e. The van der Waals surface area contributed by atoms with E-state index in [1.54, 1.807) is 12.1 Å². The maximum absolute atomic E-state index is 12.4. The highest BCUT2D eigenvalue weighted by Crippen LogP contribution is 2.27. The van der Waals surface area contributed by atoms with E-state index in [0.29, 0.717) is 16.7 Å². The Morgan fingerprint density at radius 1 is 1.41 bits per heavy atom. The third-order valence-corrected chi connectivity index (χ3v) is 5.57. The monoisotopic (exact) mass is 320 g/mol. The van der Waals surface area contributed by atoms with Crippen LogP contribution in [0.1, 0.15) is 20.8 Å². The molecule has 96 valence electrons. The first kappa shape index (κ1) is 14.5. The number of hydrogen-bond donors (Lipinski definition) is 1. The molecule has 0 bridgehead atoms. The summed E-state index contributed by atoms with van der Waals surface area (Å²) in [4.78, 5) is 0.216. The summed E-state index contributed by atoms with van der Waals surface area (Å²) in [5.74, 6) is 0. The van der Waals surface area contributed by atoms with Gasteiger partial charge in [-0.15, -0.1) is 0 Å². The van der Waals surface area contributed by atoms with Gasteiger partial charge in [-0.3, -0.25) is 0 Å². The fourth-order valence-electron chi connectivity index (χ4n) is 1.66. The zero-order chi connectivity index (χ0) is 13.2. The molecular weight excluding hydrogens is 304 g/mol. The van der Waals surface area contributed by atoms with Crippen molar-refractivity contribution in [3.8, 4) is 0 Å². The number of halogens is 1. The molecule has 0 radical (unpaired) electrons. The number of sulfonamides is 1. The number of nitrogens with two attached hydrogens (primary N) is 1. The molecule has 0 aliphatic carbocycles. The van der Waals surface area contributed by atoms with Gasteiger partial charge in [0.05, 0.1) is 4.90 Å². The SMILES string of the molecule is CCN(C(C)C)S(=O)(=O)c1cc(N)ccc1Br. The van der Waals surface area contributed by atoms with Crippen LogP contribution in [0.15, 0.2) is 27.6 Å². The lowest BCUT2D eigenvalue weighted by molar-refractivity contribution is 0.369. The number of nitrogen functional groups attached to an aromatic ring is 1. The van der Waals surface area contributed by atoms with Gasteiger partial charge in [-0.2, -0.15) is 4.31 Å². The second-order valence-corrected chi connectivity index (χ2v) is 6.71. The summed E-state index contributed by atoms with van der Waals surface area (Å²) in [7, 11) is -3.50. The van der Waals surface area contributed by atoms with Crippen LogP contribution >= 0.6 is 15.9 Å². The van der Waals surface area contributed by atoms with Crippen LogP contribution in [0.3, 0.4) is 0 Å². The first-order valence-corrected chi connectivity index (χ1v) is 7.61. The van der Waals surface area contributed by atoms with Crippen molar-refractivity contribution in [1.29, 1.82) is 0 Å². The summed E-state index contributed by atoms with van der Waals surface area (Å²) >= 11 is 3.25. The summed E-state index contributed by atoms with van der Waals surface area (Å²) in [6, 6.07) is 4.70. The van der Waals surface area contributed by atoms with Crippen LogP contribution in [0, 0.1) is 0 Å². The van der Waals surface area contributed by atoms with Gasteiger partial charge < -0.3 is 5.73 Å². The highest BCUT2D eigenvalue weighted by molar-refractivity contribution is 9.10. The number of benzene rings is 1. The van der Waals surface area contributed by atoms with E-state index in [2.05, 4.69) is 15.9 Å². The first-order valence-electron chi connectivity index (χ1n) is 5.37. The van der Waals surface area contributed by atoms with Gasteiger partial charge in [-0.25, -0.2) is 8.42 Å². The lowest BCUT2D eigenvalue weighted by atomic mass is 10.3. The topological polar surface area (TPSA) is 63.4 Å². The van der Waals surface area contributed by atoms with Crippen molar-refractivity contribution in [2.24, 2.45) is 0 Å². The lowest BCUT2D eigenvalue weighted by Crippen LogP contribution is -2.36. The Balaban J connectivity index is 3.35. The van der Waals surface area contributed by atoms with Gasteiger partial charge in [0.15, 0.2) is 0 Å². The van der Waals surface area contributed by atoms with Crippen LogP contribution in [0.2, 0.25) is 0 Å². The molecule has 1 aromatic rings. The average molecular weight is 321 g/mol. The third-order valence-electron chi connectivity index (χ3n) is 2.43. The van der Waals surface area contributed by atoms with Crippen LogP contribution in [0.5, 0.6) is 0 Å². The third kappa shape index (κ3) is 3.00. The van der Waals surface area contributed by atoms with Gasteiger partial charge in [0.2, 0.25) is 10.0 Å². The van der Waals surface area contributed by atoms with E-state index in [9.17, 15) is 8.42 Å². The van der Waals surface area contributed by atoms with Gasteiger partial charge in [-0.1, -0.05) is 6.92 Å². The van der Waals surface area contributed by atoms with Crippen molar-refractivity contribution in [3.05, 3.63) is 22.7 Å². The van der Waals surface area contributed by atoms with Gasteiger partial charge >= 0.3 is 0 Å². The molecule has 0 unspecified atom stereocenters. The predicted octanol–water partition coefficient (Wildman–Crippen LogP) is 2.45. The van der Waals surface area contributed by atoms with E-state index < -0.39 is 10.0 Å². The molecule has 0 heterocycles. The van der Waals surface area contributed by atoms with Crippen molar-refractivity contribution in [3.63, 3.8) is 0 Å². The minimum atomic E-state index is -3.50. The maximum Gasteiger partial charge on any atom is 0.244 e. The molecule has 0 aromatic heterocycles. The standard InChI is InChI=1S/C11H17BrN2O2S/c1-4-14(8(2)3)17(15,16)11-7-9(13)5-6-10(11)12/h5-8H,4,13H2,1-3H3. The Hall–Kier alpha value is -0.590. The molecule has 4 nitrogen and oxygen atoms in total. The molecule has 1 aromatic carbocycles. The molecule has 1 rings (SSSR count). The number of rotatable bonds is 4. The molecule has 6 heteroatoms. The van der Waals surface area contributed by atoms with Crippen LogP contribution in [0.25, 0.3) is 0 Å². The molecule has 0 saturated heterocycles. The Kier molecular flexibility index (Phi) is 4.57. The van der Waals surface area contributed by atoms with Crippen LogP contribution in [0.4, 0.5) is 5.69 Å². The van der Waals surface area contributed by atoms with E-state index in [0.717, 1.165) is 0 Å². The normalized spacial score (nSPS) is 12.4.